The summed E-state index contributed by atoms with van der Waals surface area (Å²) in [4.78, 5) is 16.3. The predicted molar refractivity (Wildman–Crippen MR) is 86.1 cm³/mol. The Morgan fingerprint density at radius 3 is 2.64 bits per heavy atom. The van der Waals surface area contributed by atoms with Crippen LogP contribution in [0.15, 0.2) is 54.0 Å². The third kappa shape index (κ3) is 3.82. The molecule has 0 aliphatic carbocycles. The first-order valence-corrected chi connectivity index (χ1v) is 8.30. The van der Waals surface area contributed by atoms with Gasteiger partial charge in [0, 0.05) is 6.54 Å². The highest BCUT2D eigenvalue weighted by atomic mass is 32.2. The van der Waals surface area contributed by atoms with Gasteiger partial charge in [-0.3, -0.25) is 14.1 Å². The minimum Gasteiger partial charge on any atom is -0.291 e. The zero-order valence-electron chi connectivity index (χ0n) is 12.2. The van der Waals surface area contributed by atoms with Crippen molar-refractivity contribution in [2.75, 3.05) is 4.72 Å². The number of aromatic nitrogens is 2. The van der Waals surface area contributed by atoms with Crippen molar-refractivity contribution in [2.45, 2.75) is 19.2 Å². The van der Waals surface area contributed by atoms with Gasteiger partial charge in [-0.15, -0.1) is 6.58 Å². The summed E-state index contributed by atoms with van der Waals surface area (Å²) in [7, 11) is -3.68. The Kier molecular flexibility index (Phi) is 4.77. The summed E-state index contributed by atoms with van der Waals surface area (Å²) >= 11 is 0. The van der Waals surface area contributed by atoms with Gasteiger partial charge in [-0.2, -0.15) is 0 Å². The number of hydrogen-bond donors (Lipinski definition) is 1. The summed E-state index contributed by atoms with van der Waals surface area (Å²) in [6.07, 6.45) is 2.79. The Morgan fingerprint density at radius 2 is 2.00 bits per heavy atom. The van der Waals surface area contributed by atoms with Gasteiger partial charge in [-0.1, -0.05) is 36.4 Å². The molecule has 22 heavy (non-hydrogen) atoms. The molecule has 7 heteroatoms. The van der Waals surface area contributed by atoms with Crippen molar-refractivity contribution >= 4 is 15.7 Å². The van der Waals surface area contributed by atoms with Gasteiger partial charge in [-0.05, 0) is 12.5 Å². The quantitative estimate of drug-likeness (QED) is 0.821. The summed E-state index contributed by atoms with van der Waals surface area (Å²) in [6, 6.07) is 8.75. The Labute approximate surface area is 129 Å². The fourth-order valence-electron chi connectivity index (χ4n) is 1.99. The molecule has 6 nitrogen and oxygen atoms in total. The molecule has 2 rings (SSSR count). The molecule has 0 saturated carbocycles. The van der Waals surface area contributed by atoms with Gasteiger partial charge in [0.15, 0.2) is 0 Å². The van der Waals surface area contributed by atoms with Gasteiger partial charge in [0.1, 0.15) is 11.5 Å². The summed E-state index contributed by atoms with van der Waals surface area (Å²) in [5, 5.41) is 0. The fraction of sp³-hybridized carbons (Fsp3) is 0.200. The molecular weight excluding hydrogens is 302 g/mol. The van der Waals surface area contributed by atoms with E-state index in [-0.39, 0.29) is 18.0 Å². The maximum absolute atomic E-state index is 12.3. The van der Waals surface area contributed by atoms with Crippen LogP contribution in [0.4, 0.5) is 5.69 Å². The zero-order chi connectivity index (χ0) is 16.2. The van der Waals surface area contributed by atoms with Gasteiger partial charge in [0.25, 0.3) is 5.56 Å². The highest BCUT2D eigenvalue weighted by Gasteiger charge is 2.15. The molecule has 116 valence electrons. The lowest BCUT2D eigenvalue weighted by molar-refractivity contribution is 0.600. The van der Waals surface area contributed by atoms with Crippen LogP contribution in [0.25, 0.3) is 0 Å². The van der Waals surface area contributed by atoms with Crippen molar-refractivity contribution in [1.82, 2.24) is 9.55 Å². The first kappa shape index (κ1) is 16.0. The number of aryl methyl sites for hydroxylation is 1. The fourth-order valence-corrected chi connectivity index (χ4v) is 3.17. The van der Waals surface area contributed by atoms with Crippen LogP contribution in [0.5, 0.6) is 0 Å². The van der Waals surface area contributed by atoms with Crippen LogP contribution in [0, 0.1) is 6.92 Å². The minimum absolute atomic E-state index is 0.0663. The molecule has 0 atom stereocenters. The average molecular weight is 319 g/mol. The molecular formula is C15H17N3O3S. The number of allylic oxidation sites excluding steroid dienone is 1. The van der Waals surface area contributed by atoms with Crippen molar-refractivity contribution in [1.29, 1.82) is 0 Å². The van der Waals surface area contributed by atoms with Crippen LogP contribution < -0.4 is 10.3 Å². The Balaban J connectivity index is 2.28. The Hall–Kier alpha value is -2.41. The van der Waals surface area contributed by atoms with E-state index < -0.39 is 15.6 Å². The molecule has 0 bridgehead atoms. The topological polar surface area (TPSA) is 81.1 Å². The largest absolute Gasteiger partial charge is 0.291 e. The van der Waals surface area contributed by atoms with Gasteiger partial charge in [0.2, 0.25) is 10.0 Å². The molecule has 0 aliphatic rings. The summed E-state index contributed by atoms with van der Waals surface area (Å²) in [5.74, 6) is 0.290. The number of hydrogen-bond acceptors (Lipinski definition) is 4. The van der Waals surface area contributed by atoms with Crippen LogP contribution in [0.3, 0.4) is 0 Å². The lowest BCUT2D eigenvalue weighted by Crippen LogP contribution is -2.28. The maximum Gasteiger partial charge on any atom is 0.278 e. The highest BCUT2D eigenvalue weighted by Crippen LogP contribution is 2.09. The molecule has 1 aromatic carbocycles. The summed E-state index contributed by atoms with van der Waals surface area (Å²) in [5.41, 5.74) is 0.133. The molecule has 1 aromatic heterocycles. The predicted octanol–water partition coefficient (Wildman–Crippen LogP) is 1.68. The number of nitrogens with one attached hydrogen (secondary N) is 1. The second-order valence-corrected chi connectivity index (χ2v) is 6.49. The van der Waals surface area contributed by atoms with Gasteiger partial charge in [0.05, 0.1) is 11.9 Å². The molecule has 1 heterocycles. The normalized spacial score (nSPS) is 11.1. The van der Waals surface area contributed by atoms with Crippen molar-refractivity contribution in [3.63, 3.8) is 0 Å². The number of nitrogens with zero attached hydrogens (tertiary/aromatic N) is 2. The smallest absolute Gasteiger partial charge is 0.278 e. The first-order valence-electron chi connectivity index (χ1n) is 6.64. The lowest BCUT2D eigenvalue weighted by atomic mass is 10.2. The molecule has 2 aromatic rings. The second-order valence-electron chi connectivity index (χ2n) is 4.77. The molecule has 0 amide bonds. The Bertz CT molecular complexity index is 827. The van der Waals surface area contributed by atoms with E-state index in [1.807, 2.05) is 0 Å². The van der Waals surface area contributed by atoms with E-state index in [2.05, 4.69) is 16.3 Å². The van der Waals surface area contributed by atoms with Crippen LogP contribution in [0.1, 0.15) is 11.4 Å². The average Bonchev–Trinajstić information content (AvgIpc) is 2.47. The Morgan fingerprint density at radius 1 is 1.32 bits per heavy atom. The molecule has 0 spiro atoms. The van der Waals surface area contributed by atoms with E-state index in [9.17, 15) is 13.2 Å². The lowest BCUT2D eigenvalue weighted by Gasteiger charge is -2.11. The molecule has 0 aliphatic heterocycles. The molecule has 0 unspecified atom stereocenters. The van der Waals surface area contributed by atoms with E-state index in [1.165, 1.54) is 10.8 Å². The number of benzene rings is 1. The highest BCUT2D eigenvalue weighted by molar-refractivity contribution is 7.91. The number of sulfonamides is 1. The van der Waals surface area contributed by atoms with Crippen LogP contribution in [0.2, 0.25) is 0 Å². The van der Waals surface area contributed by atoms with E-state index in [4.69, 9.17) is 0 Å². The van der Waals surface area contributed by atoms with Crippen molar-refractivity contribution in [2.24, 2.45) is 0 Å². The zero-order valence-corrected chi connectivity index (χ0v) is 13.0. The van der Waals surface area contributed by atoms with Crippen molar-refractivity contribution in [3.05, 3.63) is 70.9 Å². The monoisotopic (exact) mass is 319 g/mol. The van der Waals surface area contributed by atoms with Crippen LogP contribution in [-0.2, 0) is 22.3 Å². The van der Waals surface area contributed by atoms with E-state index >= 15 is 0 Å². The minimum atomic E-state index is -3.68. The molecule has 1 N–H and O–H groups in total. The SMILES string of the molecule is C=CCn1c(C)ncc(NS(=O)(=O)Cc2ccccc2)c1=O. The molecule has 0 saturated heterocycles. The molecule has 0 fully saturated rings. The number of anilines is 1. The standard InChI is InChI=1S/C15H17N3O3S/c1-3-9-18-12(2)16-10-14(15(18)19)17-22(20,21)11-13-7-5-4-6-8-13/h3-8,10,17H,1,9,11H2,2H3. The van der Waals surface area contributed by atoms with Gasteiger partial charge < -0.3 is 0 Å². The van der Waals surface area contributed by atoms with E-state index in [0.29, 0.717) is 11.4 Å². The maximum atomic E-state index is 12.3. The van der Waals surface area contributed by atoms with Crippen molar-refractivity contribution in [3.8, 4) is 0 Å². The first-order chi connectivity index (χ1) is 10.4. The number of rotatable bonds is 6. The third-order valence-electron chi connectivity index (χ3n) is 3.02. The van der Waals surface area contributed by atoms with Crippen LogP contribution in [-0.4, -0.2) is 18.0 Å². The van der Waals surface area contributed by atoms with Crippen LogP contribution >= 0.6 is 0 Å². The van der Waals surface area contributed by atoms with Crippen molar-refractivity contribution < 1.29 is 8.42 Å². The second kappa shape index (κ2) is 6.57. The third-order valence-corrected chi connectivity index (χ3v) is 4.27. The van der Waals surface area contributed by atoms with E-state index in [0.717, 1.165) is 0 Å². The summed E-state index contributed by atoms with van der Waals surface area (Å²) in [6.45, 7) is 5.52. The molecule has 0 radical (unpaired) electrons. The van der Waals surface area contributed by atoms with E-state index in [1.54, 1.807) is 43.3 Å². The van der Waals surface area contributed by atoms with Gasteiger partial charge >= 0.3 is 0 Å². The summed E-state index contributed by atoms with van der Waals surface area (Å²) < 4.78 is 28.0. The van der Waals surface area contributed by atoms with Gasteiger partial charge in [-0.25, -0.2) is 13.4 Å².